The van der Waals surface area contributed by atoms with Crippen molar-refractivity contribution in [3.05, 3.63) is 56.7 Å². The highest BCUT2D eigenvalue weighted by Crippen LogP contribution is 2.34. The summed E-state index contributed by atoms with van der Waals surface area (Å²) >= 11 is 8.16. The van der Waals surface area contributed by atoms with Crippen LogP contribution in [-0.4, -0.2) is 17.2 Å². The van der Waals surface area contributed by atoms with Crippen molar-refractivity contribution in [1.82, 2.24) is 4.90 Å². The Hall–Kier alpha value is -1.16. The number of nitrogens with zero attached hydrogens (tertiary/aromatic N) is 1. The Labute approximate surface area is 134 Å². The smallest absolute Gasteiger partial charge is 0.154 e. The minimum absolute atomic E-state index is 0.225. The van der Waals surface area contributed by atoms with Crippen LogP contribution in [0.2, 0.25) is 5.02 Å². The lowest BCUT2D eigenvalue weighted by molar-refractivity contribution is -0.124. The number of rotatable bonds is 4. The van der Waals surface area contributed by atoms with Crippen molar-refractivity contribution in [3.8, 4) is 0 Å². The third-order valence-corrected chi connectivity index (χ3v) is 5.42. The number of halogens is 1. The summed E-state index contributed by atoms with van der Waals surface area (Å²) in [6.07, 6.45) is 1.55. The van der Waals surface area contributed by atoms with Gasteiger partial charge in [0.15, 0.2) is 5.78 Å². The first-order chi connectivity index (χ1) is 10.2. The molecular formula is C17H18ClNOS. The van der Waals surface area contributed by atoms with Crippen molar-refractivity contribution >= 4 is 28.7 Å². The lowest BCUT2D eigenvalue weighted by atomic mass is 9.96. The van der Waals surface area contributed by atoms with E-state index >= 15 is 0 Å². The summed E-state index contributed by atoms with van der Waals surface area (Å²) in [4.78, 5) is 16.2. The second kappa shape index (κ2) is 6.30. The summed E-state index contributed by atoms with van der Waals surface area (Å²) in [5.41, 5.74) is 2.29. The fraction of sp³-hybridized carbons (Fsp3) is 0.353. The predicted octanol–water partition coefficient (Wildman–Crippen LogP) is 4.48. The van der Waals surface area contributed by atoms with E-state index in [4.69, 9.17) is 11.6 Å². The van der Waals surface area contributed by atoms with Gasteiger partial charge in [-0.1, -0.05) is 36.7 Å². The van der Waals surface area contributed by atoms with Gasteiger partial charge in [-0.15, -0.1) is 11.3 Å². The van der Waals surface area contributed by atoms with Crippen molar-refractivity contribution in [3.63, 3.8) is 0 Å². The van der Waals surface area contributed by atoms with Crippen LogP contribution < -0.4 is 0 Å². The van der Waals surface area contributed by atoms with Crippen LogP contribution in [0, 0.1) is 0 Å². The molecule has 2 aromatic rings. The van der Waals surface area contributed by atoms with Gasteiger partial charge in [0, 0.05) is 29.4 Å². The fourth-order valence-corrected chi connectivity index (χ4v) is 4.08. The zero-order valence-corrected chi connectivity index (χ0v) is 13.6. The lowest BCUT2D eigenvalue weighted by Gasteiger charge is -2.34. The molecule has 0 fully saturated rings. The second-order valence-electron chi connectivity index (χ2n) is 5.33. The molecule has 0 saturated carbocycles. The van der Waals surface area contributed by atoms with Gasteiger partial charge in [-0.3, -0.25) is 9.69 Å². The normalized spacial score (nSPS) is 16.5. The van der Waals surface area contributed by atoms with E-state index in [1.807, 2.05) is 42.5 Å². The molecule has 0 N–H and O–H groups in total. The van der Waals surface area contributed by atoms with Gasteiger partial charge in [0.1, 0.15) is 0 Å². The molecule has 0 spiro atoms. The first-order valence-corrected chi connectivity index (χ1v) is 8.53. The fourth-order valence-electron chi connectivity index (χ4n) is 2.95. The third-order valence-electron chi connectivity index (χ3n) is 4.06. The molecule has 0 bridgehead atoms. The van der Waals surface area contributed by atoms with Crippen molar-refractivity contribution in [2.24, 2.45) is 0 Å². The van der Waals surface area contributed by atoms with Crippen LogP contribution in [0.4, 0.5) is 0 Å². The molecule has 1 aliphatic heterocycles. The standard InChI is InChI=1S/C17H18ClNOS/c1-2-15(20)17(13-5-3-4-6-14(13)18)19-9-7-16-12(11-19)8-10-21-16/h3-6,8,10,17H,2,7,9,11H2,1H3. The summed E-state index contributed by atoms with van der Waals surface area (Å²) in [6, 6.07) is 9.66. The largest absolute Gasteiger partial charge is 0.298 e. The van der Waals surface area contributed by atoms with E-state index < -0.39 is 0 Å². The molecule has 1 aliphatic rings. The minimum Gasteiger partial charge on any atom is -0.298 e. The SMILES string of the molecule is CCC(=O)C(c1ccccc1Cl)N1CCc2sccc2C1. The maximum atomic E-state index is 12.5. The lowest BCUT2D eigenvalue weighted by Crippen LogP contribution is -2.37. The minimum atomic E-state index is -0.225. The molecule has 4 heteroatoms. The van der Waals surface area contributed by atoms with E-state index in [9.17, 15) is 4.79 Å². The zero-order chi connectivity index (χ0) is 14.8. The molecule has 1 atom stereocenters. The average molecular weight is 320 g/mol. The van der Waals surface area contributed by atoms with E-state index in [2.05, 4.69) is 16.3 Å². The molecule has 0 aliphatic carbocycles. The van der Waals surface area contributed by atoms with Crippen molar-refractivity contribution in [2.45, 2.75) is 32.4 Å². The highest BCUT2D eigenvalue weighted by atomic mass is 35.5. The highest BCUT2D eigenvalue weighted by Gasteiger charge is 2.30. The number of hydrogen-bond acceptors (Lipinski definition) is 3. The van der Waals surface area contributed by atoms with Crippen LogP contribution in [-0.2, 0) is 17.8 Å². The predicted molar refractivity (Wildman–Crippen MR) is 87.9 cm³/mol. The summed E-state index contributed by atoms with van der Waals surface area (Å²) in [5, 5.41) is 2.82. The van der Waals surface area contributed by atoms with E-state index in [1.165, 1.54) is 10.4 Å². The Morgan fingerprint density at radius 3 is 2.95 bits per heavy atom. The molecule has 0 amide bonds. The number of Topliss-reactive ketones (excluding diaryl/α,β-unsaturated/α-hetero) is 1. The number of fused-ring (bicyclic) bond motifs is 1. The van der Waals surface area contributed by atoms with Gasteiger partial charge in [0.05, 0.1) is 6.04 Å². The molecule has 0 saturated heterocycles. The molecule has 0 radical (unpaired) electrons. The van der Waals surface area contributed by atoms with Crippen LogP contribution in [0.25, 0.3) is 0 Å². The highest BCUT2D eigenvalue weighted by molar-refractivity contribution is 7.10. The Kier molecular flexibility index (Phi) is 4.43. The number of hydrogen-bond donors (Lipinski definition) is 0. The Morgan fingerprint density at radius 1 is 1.38 bits per heavy atom. The van der Waals surface area contributed by atoms with Gasteiger partial charge in [-0.2, -0.15) is 0 Å². The van der Waals surface area contributed by atoms with Gasteiger partial charge in [-0.25, -0.2) is 0 Å². The van der Waals surface area contributed by atoms with E-state index in [0.29, 0.717) is 11.4 Å². The van der Waals surface area contributed by atoms with Gasteiger partial charge in [-0.05, 0) is 35.1 Å². The van der Waals surface area contributed by atoms with Crippen LogP contribution in [0.3, 0.4) is 0 Å². The summed E-state index contributed by atoms with van der Waals surface area (Å²) in [7, 11) is 0. The molecular weight excluding hydrogens is 302 g/mol. The quantitative estimate of drug-likeness (QED) is 0.828. The van der Waals surface area contributed by atoms with E-state index in [1.54, 1.807) is 0 Å². The van der Waals surface area contributed by atoms with Gasteiger partial charge in [0.25, 0.3) is 0 Å². The summed E-state index contributed by atoms with van der Waals surface area (Å²) in [5.74, 6) is 0.238. The molecule has 1 aromatic heterocycles. The number of carbonyl (C=O) groups excluding carboxylic acids is 1. The van der Waals surface area contributed by atoms with Crippen LogP contribution in [0.5, 0.6) is 0 Å². The van der Waals surface area contributed by atoms with Crippen molar-refractivity contribution in [1.29, 1.82) is 0 Å². The number of carbonyl (C=O) groups is 1. The van der Waals surface area contributed by atoms with E-state index in [0.717, 1.165) is 25.1 Å². The molecule has 3 rings (SSSR count). The van der Waals surface area contributed by atoms with Crippen LogP contribution >= 0.6 is 22.9 Å². The Balaban J connectivity index is 1.94. The van der Waals surface area contributed by atoms with Crippen molar-refractivity contribution < 1.29 is 4.79 Å². The van der Waals surface area contributed by atoms with Gasteiger partial charge < -0.3 is 0 Å². The maximum absolute atomic E-state index is 12.5. The molecule has 2 nitrogen and oxygen atoms in total. The summed E-state index contributed by atoms with van der Waals surface area (Å²) < 4.78 is 0. The molecule has 2 heterocycles. The number of benzene rings is 1. The second-order valence-corrected chi connectivity index (χ2v) is 6.74. The third kappa shape index (κ3) is 2.91. The van der Waals surface area contributed by atoms with E-state index in [-0.39, 0.29) is 11.8 Å². The van der Waals surface area contributed by atoms with Crippen LogP contribution in [0.1, 0.15) is 35.4 Å². The zero-order valence-electron chi connectivity index (χ0n) is 12.0. The van der Waals surface area contributed by atoms with Gasteiger partial charge in [0.2, 0.25) is 0 Å². The number of ketones is 1. The molecule has 1 unspecified atom stereocenters. The van der Waals surface area contributed by atoms with Crippen LogP contribution in [0.15, 0.2) is 35.7 Å². The topological polar surface area (TPSA) is 20.3 Å². The number of thiophene rings is 1. The monoisotopic (exact) mass is 319 g/mol. The molecule has 1 aromatic carbocycles. The van der Waals surface area contributed by atoms with Crippen molar-refractivity contribution in [2.75, 3.05) is 6.54 Å². The molecule has 110 valence electrons. The Bertz CT molecular complexity index is 652. The Morgan fingerprint density at radius 2 is 2.19 bits per heavy atom. The first kappa shape index (κ1) is 14.8. The maximum Gasteiger partial charge on any atom is 0.154 e. The molecule has 21 heavy (non-hydrogen) atoms. The average Bonchev–Trinajstić information content (AvgIpc) is 2.97. The summed E-state index contributed by atoms with van der Waals surface area (Å²) in [6.45, 7) is 3.67. The first-order valence-electron chi connectivity index (χ1n) is 7.27. The van der Waals surface area contributed by atoms with Gasteiger partial charge >= 0.3 is 0 Å².